The molecule has 0 radical (unpaired) electrons. The van der Waals surface area contributed by atoms with Gasteiger partial charge in [-0.05, 0) is 25.0 Å². The van der Waals surface area contributed by atoms with Gasteiger partial charge >= 0.3 is 12.3 Å². The molecule has 8 heteroatoms. The zero-order valence-corrected chi connectivity index (χ0v) is 11.8. The Kier molecular flexibility index (Phi) is 4.58. The van der Waals surface area contributed by atoms with Crippen LogP contribution in [0.4, 0.5) is 23.7 Å². The number of likely N-dealkylation sites (tertiary alicyclic amines) is 1. The van der Waals surface area contributed by atoms with Crippen molar-refractivity contribution in [3.05, 3.63) is 29.8 Å². The van der Waals surface area contributed by atoms with Crippen LogP contribution in [-0.2, 0) is 15.7 Å². The Morgan fingerprint density at radius 1 is 1.32 bits per heavy atom. The van der Waals surface area contributed by atoms with Crippen LogP contribution in [0, 0.1) is 0 Å². The van der Waals surface area contributed by atoms with Gasteiger partial charge in [-0.1, -0.05) is 12.1 Å². The quantitative estimate of drug-likeness (QED) is 0.913. The van der Waals surface area contributed by atoms with Gasteiger partial charge in [0, 0.05) is 6.54 Å². The van der Waals surface area contributed by atoms with Gasteiger partial charge in [0.05, 0.1) is 18.4 Å². The molecule has 2 amide bonds. The first-order chi connectivity index (χ1) is 10.3. The monoisotopic (exact) mass is 316 g/mol. The molecule has 120 valence electrons. The average molecular weight is 316 g/mol. The molecule has 1 atom stereocenters. The molecule has 0 bridgehead atoms. The van der Waals surface area contributed by atoms with E-state index in [2.05, 4.69) is 10.1 Å². The first kappa shape index (κ1) is 16.1. The molecule has 1 aromatic carbocycles. The van der Waals surface area contributed by atoms with Gasteiger partial charge in [-0.25, -0.2) is 4.79 Å². The van der Waals surface area contributed by atoms with E-state index in [1.54, 1.807) is 0 Å². The number of hydrogen-bond acceptors (Lipinski definition) is 3. The summed E-state index contributed by atoms with van der Waals surface area (Å²) in [6.07, 6.45) is -4.26. The van der Waals surface area contributed by atoms with Gasteiger partial charge in [0.2, 0.25) is 5.91 Å². The van der Waals surface area contributed by atoms with Crippen LogP contribution in [-0.4, -0.2) is 36.6 Å². The number of carbonyl (C=O) groups excluding carboxylic acids is 2. The zero-order valence-electron chi connectivity index (χ0n) is 11.8. The van der Waals surface area contributed by atoms with Gasteiger partial charge in [-0.3, -0.25) is 9.69 Å². The average Bonchev–Trinajstić information content (AvgIpc) is 2.95. The summed E-state index contributed by atoms with van der Waals surface area (Å²) >= 11 is 0. The summed E-state index contributed by atoms with van der Waals surface area (Å²) < 4.78 is 43.3. The number of halogens is 3. The molecule has 2 rings (SSSR count). The van der Waals surface area contributed by atoms with Gasteiger partial charge < -0.3 is 10.1 Å². The highest BCUT2D eigenvalue weighted by molar-refractivity contribution is 5.97. The van der Waals surface area contributed by atoms with Crippen LogP contribution in [0.3, 0.4) is 0 Å². The number of ether oxygens (including phenoxy) is 1. The number of hydrogen-bond donors (Lipinski definition) is 1. The summed E-state index contributed by atoms with van der Waals surface area (Å²) in [7, 11) is 1.19. The highest BCUT2D eigenvalue weighted by Crippen LogP contribution is 2.34. The van der Waals surface area contributed by atoms with Crippen LogP contribution >= 0.6 is 0 Å². The van der Waals surface area contributed by atoms with Crippen molar-refractivity contribution in [3.63, 3.8) is 0 Å². The smallest absolute Gasteiger partial charge is 0.418 e. The third-order valence-corrected chi connectivity index (χ3v) is 3.45. The van der Waals surface area contributed by atoms with E-state index in [-0.39, 0.29) is 5.69 Å². The minimum absolute atomic E-state index is 0.322. The molecule has 1 aromatic rings. The van der Waals surface area contributed by atoms with Crippen molar-refractivity contribution in [2.45, 2.75) is 25.1 Å². The van der Waals surface area contributed by atoms with Gasteiger partial charge in [-0.2, -0.15) is 13.2 Å². The zero-order chi connectivity index (χ0) is 16.3. The normalized spacial score (nSPS) is 18.2. The Hall–Kier alpha value is -2.25. The molecule has 5 nitrogen and oxygen atoms in total. The number of nitrogens with one attached hydrogen (secondary N) is 1. The van der Waals surface area contributed by atoms with E-state index in [0.29, 0.717) is 19.4 Å². The number of nitrogens with zero attached hydrogens (tertiary/aromatic N) is 1. The number of para-hydroxylation sites is 1. The molecule has 1 saturated heterocycles. The van der Waals surface area contributed by atoms with Crippen molar-refractivity contribution in [1.82, 2.24) is 4.90 Å². The molecule has 1 aliphatic rings. The Bertz CT molecular complexity index is 575. The summed E-state index contributed by atoms with van der Waals surface area (Å²) in [6.45, 7) is 0.339. The van der Waals surface area contributed by atoms with E-state index in [4.69, 9.17) is 0 Å². The largest absolute Gasteiger partial charge is 0.453 e. The molecule has 1 aliphatic heterocycles. The number of carbonyl (C=O) groups is 2. The van der Waals surface area contributed by atoms with Crippen molar-refractivity contribution in [1.29, 1.82) is 0 Å². The molecule has 0 unspecified atom stereocenters. The van der Waals surface area contributed by atoms with Gasteiger partial charge in [-0.15, -0.1) is 0 Å². The van der Waals surface area contributed by atoms with E-state index in [9.17, 15) is 22.8 Å². The standard InChI is InChI=1S/C14H15F3N2O3/c1-22-13(21)19-8-4-7-11(19)12(20)18-10-6-3-2-5-9(10)14(15,16)17/h2-3,5-6,11H,4,7-8H2,1H3,(H,18,20)/t11-/m1/s1. The second kappa shape index (κ2) is 6.25. The highest BCUT2D eigenvalue weighted by atomic mass is 19.4. The molecule has 0 spiro atoms. The van der Waals surface area contributed by atoms with E-state index in [1.165, 1.54) is 30.2 Å². The van der Waals surface area contributed by atoms with E-state index in [0.717, 1.165) is 6.07 Å². The van der Waals surface area contributed by atoms with Crippen molar-refractivity contribution >= 4 is 17.7 Å². The Morgan fingerprint density at radius 2 is 2.00 bits per heavy atom. The topological polar surface area (TPSA) is 58.6 Å². The maximum Gasteiger partial charge on any atom is 0.418 e. The summed E-state index contributed by atoms with van der Waals surface area (Å²) in [5, 5.41) is 2.26. The lowest BCUT2D eigenvalue weighted by molar-refractivity contribution is -0.137. The summed E-state index contributed by atoms with van der Waals surface area (Å²) in [5.41, 5.74) is -1.25. The summed E-state index contributed by atoms with van der Waals surface area (Å²) in [6, 6.07) is 3.89. The SMILES string of the molecule is COC(=O)N1CCC[C@@H]1C(=O)Nc1ccccc1C(F)(F)F. The summed E-state index contributed by atoms with van der Waals surface area (Å²) in [5.74, 6) is -0.653. The Balaban J connectivity index is 2.18. The number of rotatable bonds is 2. The number of alkyl halides is 3. The second-order valence-corrected chi connectivity index (χ2v) is 4.85. The van der Waals surface area contributed by atoms with Crippen LogP contribution in [0.15, 0.2) is 24.3 Å². The second-order valence-electron chi connectivity index (χ2n) is 4.85. The third kappa shape index (κ3) is 3.32. The highest BCUT2D eigenvalue weighted by Gasteiger charge is 2.37. The van der Waals surface area contributed by atoms with Crippen LogP contribution in [0.5, 0.6) is 0 Å². The molecule has 0 saturated carbocycles. The number of amides is 2. The first-order valence-corrected chi connectivity index (χ1v) is 6.66. The molecule has 22 heavy (non-hydrogen) atoms. The predicted molar refractivity (Wildman–Crippen MR) is 72.2 cm³/mol. The van der Waals surface area contributed by atoms with Gasteiger partial charge in [0.1, 0.15) is 6.04 Å². The van der Waals surface area contributed by atoms with Gasteiger partial charge in [0.25, 0.3) is 0 Å². The molecular weight excluding hydrogens is 301 g/mol. The molecule has 1 fully saturated rings. The lowest BCUT2D eigenvalue weighted by Gasteiger charge is -2.23. The lowest BCUT2D eigenvalue weighted by Crippen LogP contribution is -2.43. The summed E-state index contributed by atoms with van der Waals surface area (Å²) in [4.78, 5) is 25.0. The fourth-order valence-electron chi connectivity index (χ4n) is 2.43. The van der Waals surface area contributed by atoms with Crippen LogP contribution < -0.4 is 5.32 Å². The minimum atomic E-state index is -4.57. The molecule has 0 aliphatic carbocycles. The fourth-order valence-corrected chi connectivity index (χ4v) is 2.43. The van der Waals surface area contributed by atoms with E-state index < -0.39 is 29.8 Å². The van der Waals surface area contributed by atoms with Crippen LogP contribution in [0.1, 0.15) is 18.4 Å². The fraction of sp³-hybridized carbons (Fsp3) is 0.429. The van der Waals surface area contributed by atoms with Crippen LogP contribution in [0.25, 0.3) is 0 Å². The maximum atomic E-state index is 12.9. The Morgan fingerprint density at radius 3 is 2.64 bits per heavy atom. The lowest BCUT2D eigenvalue weighted by atomic mass is 10.1. The van der Waals surface area contributed by atoms with Crippen molar-refractivity contribution < 1.29 is 27.5 Å². The van der Waals surface area contributed by atoms with Crippen LogP contribution in [0.2, 0.25) is 0 Å². The number of benzene rings is 1. The number of anilines is 1. The predicted octanol–water partition coefficient (Wildman–Crippen LogP) is 2.87. The maximum absolute atomic E-state index is 12.9. The van der Waals surface area contributed by atoms with Crippen molar-refractivity contribution in [2.75, 3.05) is 19.0 Å². The molecular formula is C14H15F3N2O3. The van der Waals surface area contributed by atoms with Crippen molar-refractivity contribution in [3.8, 4) is 0 Å². The molecule has 1 heterocycles. The Labute approximate surface area is 125 Å². The molecule has 0 aromatic heterocycles. The van der Waals surface area contributed by atoms with E-state index in [1.807, 2.05) is 0 Å². The third-order valence-electron chi connectivity index (χ3n) is 3.45. The van der Waals surface area contributed by atoms with E-state index >= 15 is 0 Å². The van der Waals surface area contributed by atoms with Gasteiger partial charge in [0.15, 0.2) is 0 Å². The minimum Gasteiger partial charge on any atom is -0.453 e. The molecule has 1 N–H and O–H groups in total. The number of methoxy groups -OCH3 is 1. The van der Waals surface area contributed by atoms with Crippen molar-refractivity contribution in [2.24, 2.45) is 0 Å². The first-order valence-electron chi connectivity index (χ1n) is 6.66.